The molecule has 3 nitrogen and oxygen atoms in total. The van der Waals surface area contributed by atoms with Crippen LogP contribution in [0, 0.1) is 5.92 Å². The van der Waals surface area contributed by atoms with E-state index in [0.29, 0.717) is 6.04 Å². The molecule has 18 heavy (non-hydrogen) atoms. The normalized spacial score (nSPS) is 30.1. The Morgan fingerprint density at radius 3 is 2.28 bits per heavy atom. The molecular weight excluding hydrogens is 226 g/mol. The largest absolute Gasteiger partial charge is 0.469 e. The summed E-state index contributed by atoms with van der Waals surface area (Å²) in [6, 6.07) is 0.678. The van der Waals surface area contributed by atoms with Crippen LogP contribution >= 0.6 is 0 Å². The molecule has 3 heteroatoms. The van der Waals surface area contributed by atoms with Crippen LogP contribution in [-0.2, 0) is 9.53 Å². The second kappa shape index (κ2) is 5.60. The van der Waals surface area contributed by atoms with Crippen molar-refractivity contribution in [2.75, 3.05) is 13.7 Å². The first-order valence-electron chi connectivity index (χ1n) is 7.42. The Morgan fingerprint density at radius 1 is 1.11 bits per heavy atom. The Kier molecular flexibility index (Phi) is 4.31. The summed E-state index contributed by atoms with van der Waals surface area (Å²) in [5.74, 6) is 0.0156. The Balaban J connectivity index is 2.07. The van der Waals surface area contributed by atoms with E-state index in [0.717, 1.165) is 13.0 Å². The minimum Gasteiger partial charge on any atom is -0.469 e. The lowest BCUT2D eigenvalue weighted by molar-refractivity contribution is -0.148. The van der Waals surface area contributed by atoms with Gasteiger partial charge in [0.2, 0.25) is 0 Å². The maximum atomic E-state index is 11.9. The third kappa shape index (κ3) is 2.56. The van der Waals surface area contributed by atoms with Gasteiger partial charge in [0.15, 0.2) is 0 Å². The van der Waals surface area contributed by atoms with E-state index >= 15 is 0 Å². The summed E-state index contributed by atoms with van der Waals surface area (Å²) >= 11 is 0. The van der Waals surface area contributed by atoms with E-state index in [2.05, 4.69) is 18.7 Å². The molecule has 0 N–H and O–H groups in total. The summed E-state index contributed by atoms with van der Waals surface area (Å²) in [5.41, 5.74) is -0.0396. The lowest BCUT2D eigenvalue weighted by Crippen LogP contribution is -2.50. The maximum absolute atomic E-state index is 11.9. The molecule has 1 heterocycles. The predicted molar refractivity (Wildman–Crippen MR) is 72.4 cm³/mol. The van der Waals surface area contributed by atoms with Gasteiger partial charge in [0, 0.05) is 11.6 Å². The number of nitrogens with zero attached hydrogens (tertiary/aromatic N) is 1. The number of ether oxygens (including phenoxy) is 1. The smallest absolute Gasteiger partial charge is 0.310 e. The van der Waals surface area contributed by atoms with Gasteiger partial charge in [-0.1, -0.05) is 25.7 Å². The molecule has 1 atom stereocenters. The number of hydrogen-bond acceptors (Lipinski definition) is 3. The molecule has 0 aromatic rings. The first-order chi connectivity index (χ1) is 8.57. The number of carbonyl (C=O) groups excluding carboxylic acids is 1. The van der Waals surface area contributed by atoms with E-state index < -0.39 is 0 Å². The highest BCUT2D eigenvalue weighted by Crippen LogP contribution is 2.39. The lowest BCUT2D eigenvalue weighted by Gasteiger charge is -2.40. The molecule has 0 spiro atoms. The van der Waals surface area contributed by atoms with Gasteiger partial charge in [-0.3, -0.25) is 9.69 Å². The Labute approximate surface area is 111 Å². The molecule has 0 bridgehead atoms. The van der Waals surface area contributed by atoms with Gasteiger partial charge in [0.25, 0.3) is 0 Å². The van der Waals surface area contributed by atoms with Gasteiger partial charge >= 0.3 is 5.97 Å². The average Bonchev–Trinajstić information content (AvgIpc) is 2.56. The van der Waals surface area contributed by atoms with E-state index in [1.165, 1.54) is 45.6 Å². The molecule has 1 unspecified atom stereocenters. The minimum atomic E-state index is -0.0396. The van der Waals surface area contributed by atoms with E-state index in [1.807, 2.05) is 0 Å². The number of rotatable bonds is 2. The molecule has 1 saturated carbocycles. The van der Waals surface area contributed by atoms with E-state index in [9.17, 15) is 4.79 Å². The van der Waals surface area contributed by atoms with Crippen molar-refractivity contribution in [1.29, 1.82) is 0 Å². The fourth-order valence-electron chi connectivity index (χ4n) is 3.88. The van der Waals surface area contributed by atoms with Gasteiger partial charge in [-0.2, -0.15) is 0 Å². The van der Waals surface area contributed by atoms with E-state index in [1.54, 1.807) is 0 Å². The van der Waals surface area contributed by atoms with Crippen LogP contribution in [0.3, 0.4) is 0 Å². The van der Waals surface area contributed by atoms with Crippen LogP contribution in [-0.4, -0.2) is 36.1 Å². The second-order valence-electron chi connectivity index (χ2n) is 6.36. The van der Waals surface area contributed by atoms with Crippen molar-refractivity contribution in [3.8, 4) is 0 Å². The minimum absolute atomic E-state index is 0.0314. The quantitative estimate of drug-likeness (QED) is 0.560. The lowest BCUT2D eigenvalue weighted by atomic mass is 9.87. The van der Waals surface area contributed by atoms with Crippen molar-refractivity contribution in [3.63, 3.8) is 0 Å². The van der Waals surface area contributed by atoms with Gasteiger partial charge in [-0.05, 0) is 39.7 Å². The van der Waals surface area contributed by atoms with Crippen LogP contribution in [0.15, 0.2) is 0 Å². The molecule has 104 valence electrons. The van der Waals surface area contributed by atoms with Crippen LogP contribution < -0.4 is 0 Å². The molecule has 1 aliphatic heterocycles. The number of likely N-dealkylation sites (tertiary alicyclic amines) is 1. The van der Waals surface area contributed by atoms with Gasteiger partial charge in [-0.15, -0.1) is 0 Å². The highest BCUT2D eigenvalue weighted by atomic mass is 16.5. The first-order valence-corrected chi connectivity index (χ1v) is 7.42. The zero-order chi connectivity index (χ0) is 13.2. The van der Waals surface area contributed by atoms with Gasteiger partial charge in [0.1, 0.15) is 0 Å². The predicted octanol–water partition coefficient (Wildman–Crippen LogP) is 2.98. The summed E-state index contributed by atoms with van der Waals surface area (Å²) < 4.78 is 4.96. The molecule has 1 aliphatic carbocycles. The fraction of sp³-hybridized carbons (Fsp3) is 0.933. The molecule has 0 radical (unpaired) electrons. The molecule has 2 rings (SSSR count). The zero-order valence-electron chi connectivity index (χ0n) is 12.1. The molecule has 1 saturated heterocycles. The zero-order valence-corrected chi connectivity index (χ0v) is 12.1. The van der Waals surface area contributed by atoms with E-state index in [-0.39, 0.29) is 17.4 Å². The molecule has 0 aromatic carbocycles. The molecule has 0 amide bonds. The molecular formula is C15H27NO2. The van der Waals surface area contributed by atoms with Gasteiger partial charge in [0.05, 0.1) is 13.0 Å². The maximum Gasteiger partial charge on any atom is 0.310 e. The fourth-order valence-corrected chi connectivity index (χ4v) is 3.88. The SMILES string of the molecule is COC(=O)C1CCN(C2CCCCCC2)C1(C)C. The summed E-state index contributed by atoms with van der Waals surface area (Å²) in [5, 5.41) is 0. The van der Waals surface area contributed by atoms with Crippen molar-refractivity contribution in [2.24, 2.45) is 5.92 Å². The third-order valence-corrected chi connectivity index (χ3v) is 5.00. The van der Waals surface area contributed by atoms with Gasteiger partial charge in [-0.25, -0.2) is 0 Å². The van der Waals surface area contributed by atoms with Crippen molar-refractivity contribution < 1.29 is 9.53 Å². The van der Waals surface area contributed by atoms with Crippen LogP contribution in [0.1, 0.15) is 58.8 Å². The monoisotopic (exact) mass is 253 g/mol. The summed E-state index contributed by atoms with van der Waals surface area (Å²) in [6.45, 7) is 5.48. The summed E-state index contributed by atoms with van der Waals surface area (Å²) in [7, 11) is 1.51. The summed E-state index contributed by atoms with van der Waals surface area (Å²) in [6.07, 6.45) is 9.02. The van der Waals surface area contributed by atoms with Crippen LogP contribution in [0.5, 0.6) is 0 Å². The Bertz CT molecular complexity index is 293. The molecule has 2 aliphatic rings. The second-order valence-corrected chi connectivity index (χ2v) is 6.36. The molecule has 0 aromatic heterocycles. The Hall–Kier alpha value is -0.570. The van der Waals surface area contributed by atoms with Crippen LogP contribution in [0.2, 0.25) is 0 Å². The standard InChI is InChI=1S/C15H27NO2/c1-15(2)13(14(17)18-3)10-11-16(15)12-8-6-4-5-7-9-12/h12-13H,4-11H2,1-3H3. The number of methoxy groups -OCH3 is 1. The first kappa shape index (κ1) is 13.9. The third-order valence-electron chi connectivity index (χ3n) is 5.00. The Morgan fingerprint density at radius 2 is 1.72 bits per heavy atom. The number of hydrogen-bond donors (Lipinski definition) is 0. The van der Waals surface area contributed by atoms with Gasteiger partial charge < -0.3 is 4.74 Å². The topological polar surface area (TPSA) is 29.5 Å². The molecule has 2 fully saturated rings. The van der Waals surface area contributed by atoms with Crippen molar-refractivity contribution in [2.45, 2.75) is 70.4 Å². The van der Waals surface area contributed by atoms with Crippen molar-refractivity contribution >= 4 is 5.97 Å². The van der Waals surface area contributed by atoms with Crippen molar-refractivity contribution in [1.82, 2.24) is 4.90 Å². The summed E-state index contributed by atoms with van der Waals surface area (Å²) in [4.78, 5) is 14.5. The average molecular weight is 253 g/mol. The van der Waals surface area contributed by atoms with Crippen LogP contribution in [0.4, 0.5) is 0 Å². The van der Waals surface area contributed by atoms with Crippen molar-refractivity contribution in [3.05, 3.63) is 0 Å². The van der Waals surface area contributed by atoms with Crippen LogP contribution in [0.25, 0.3) is 0 Å². The van der Waals surface area contributed by atoms with E-state index in [4.69, 9.17) is 4.74 Å². The highest BCUT2D eigenvalue weighted by molar-refractivity contribution is 5.74. The number of carbonyl (C=O) groups is 1. The highest BCUT2D eigenvalue weighted by Gasteiger charge is 2.47. The number of esters is 1.